The molecule has 0 aliphatic heterocycles. The number of amides is 1. The Hall–Kier alpha value is -2.27. The van der Waals surface area contributed by atoms with Crippen LogP contribution in [-0.2, 0) is 4.74 Å². The zero-order valence-electron chi connectivity index (χ0n) is 14.4. The van der Waals surface area contributed by atoms with Gasteiger partial charge in [-0.05, 0) is 44.0 Å². The first-order chi connectivity index (χ1) is 11.3. The number of esters is 1. The van der Waals surface area contributed by atoms with Gasteiger partial charge in [0.2, 0.25) is 0 Å². The molecule has 1 amide bonds. The monoisotopic (exact) mass is 348 g/mol. The SMILES string of the molecule is COC(=O)c1c(C)[nH]c(C(=O)N(C)C(C)c2cccc(Cl)c2)c1C. The summed E-state index contributed by atoms with van der Waals surface area (Å²) in [5.41, 5.74) is 2.95. The summed E-state index contributed by atoms with van der Waals surface area (Å²) in [7, 11) is 3.05. The van der Waals surface area contributed by atoms with Gasteiger partial charge in [0.1, 0.15) is 5.69 Å². The zero-order chi connectivity index (χ0) is 18.0. The molecule has 0 aliphatic rings. The molecule has 2 rings (SSSR count). The Kier molecular flexibility index (Phi) is 5.34. The first kappa shape index (κ1) is 18.1. The molecule has 6 heteroatoms. The second-order valence-corrected chi connectivity index (χ2v) is 6.20. The molecular weight excluding hydrogens is 328 g/mol. The van der Waals surface area contributed by atoms with Crippen molar-refractivity contribution in [3.63, 3.8) is 0 Å². The van der Waals surface area contributed by atoms with Gasteiger partial charge in [-0.3, -0.25) is 4.79 Å². The number of aromatic amines is 1. The minimum absolute atomic E-state index is 0.166. The van der Waals surface area contributed by atoms with Crippen LogP contribution >= 0.6 is 11.6 Å². The molecular formula is C18H21ClN2O3. The number of aromatic nitrogens is 1. The molecule has 5 nitrogen and oxygen atoms in total. The Morgan fingerprint density at radius 1 is 1.29 bits per heavy atom. The molecule has 1 heterocycles. The molecule has 1 N–H and O–H groups in total. The second-order valence-electron chi connectivity index (χ2n) is 5.76. The first-order valence-electron chi connectivity index (χ1n) is 7.58. The summed E-state index contributed by atoms with van der Waals surface area (Å²) >= 11 is 6.03. The lowest BCUT2D eigenvalue weighted by molar-refractivity contribution is 0.0599. The Balaban J connectivity index is 2.33. The zero-order valence-corrected chi connectivity index (χ0v) is 15.2. The molecule has 0 radical (unpaired) electrons. The Bertz CT molecular complexity index is 783. The predicted octanol–water partition coefficient (Wildman–Crippen LogP) is 3.90. The Morgan fingerprint density at radius 2 is 1.96 bits per heavy atom. The van der Waals surface area contributed by atoms with E-state index in [9.17, 15) is 9.59 Å². The van der Waals surface area contributed by atoms with Crippen LogP contribution in [0.1, 0.15) is 50.6 Å². The average molecular weight is 349 g/mol. The fraction of sp³-hybridized carbons (Fsp3) is 0.333. The number of ether oxygens (including phenoxy) is 1. The number of hydrogen-bond acceptors (Lipinski definition) is 3. The minimum Gasteiger partial charge on any atom is -0.465 e. The molecule has 2 aromatic rings. The van der Waals surface area contributed by atoms with Gasteiger partial charge < -0.3 is 14.6 Å². The molecule has 1 aromatic carbocycles. The highest BCUT2D eigenvalue weighted by atomic mass is 35.5. The summed E-state index contributed by atoms with van der Waals surface area (Å²) in [6, 6.07) is 7.24. The number of halogens is 1. The van der Waals surface area contributed by atoms with Crippen LogP contribution in [0.25, 0.3) is 0 Å². The van der Waals surface area contributed by atoms with Crippen molar-refractivity contribution in [3.05, 3.63) is 57.4 Å². The summed E-state index contributed by atoms with van der Waals surface area (Å²) in [6.45, 7) is 5.41. The fourth-order valence-corrected chi connectivity index (χ4v) is 2.91. The van der Waals surface area contributed by atoms with E-state index in [0.29, 0.717) is 27.5 Å². The highest BCUT2D eigenvalue weighted by Crippen LogP contribution is 2.26. The van der Waals surface area contributed by atoms with Crippen molar-refractivity contribution in [2.45, 2.75) is 26.8 Å². The highest BCUT2D eigenvalue weighted by molar-refractivity contribution is 6.30. The molecule has 0 bridgehead atoms. The average Bonchev–Trinajstić information content (AvgIpc) is 2.86. The maximum Gasteiger partial charge on any atom is 0.339 e. The fourth-order valence-electron chi connectivity index (χ4n) is 2.71. The minimum atomic E-state index is -0.453. The van der Waals surface area contributed by atoms with Crippen LogP contribution < -0.4 is 0 Å². The van der Waals surface area contributed by atoms with Gasteiger partial charge in [0.15, 0.2) is 0 Å². The van der Waals surface area contributed by atoms with E-state index in [-0.39, 0.29) is 11.9 Å². The van der Waals surface area contributed by atoms with E-state index in [1.54, 1.807) is 31.9 Å². The van der Waals surface area contributed by atoms with Gasteiger partial charge in [0.05, 0.1) is 18.7 Å². The summed E-state index contributed by atoms with van der Waals surface area (Å²) in [6.07, 6.45) is 0. The number of carbonyl (C=O) groups is 2. The van der Waals surface area contributed by atoms with Gasteiger partial charge in [0, 0.05) is 17.8 Å². The van der Waals surface area contributed by atoms with E-state index >= 15 is 0 Å². The van der Waals surface area contributed by atoms with E-state index in [1.807, 2.05) is 25.1 Å². The molecule has 0 aliphatic carbocycles. The molecule has 0 spiro atoms. The van der Waals surface area contributed by atoms with Crippen LogP contribution in [0.3, 0.4) is 0 Å². The molecule has 1 unspecified atom stereocenters. The van der Waals surface area contributed by atoms with E-state index in [1.165, 1.54) is 7.11 Å². The van der Waals surface area contributed by atoms with Crippen molar-refractivity contribution in [2.24, 2.45) is 0 Å². The Morgan fingerprint density at radius 3 is 2.54 bits per heavy atom. The molecule has 128 valence electrons. The third-order valence-corrected chi connectivity index (χ3v) is 4.51. The summed E-state index contributed by atoms with van der Waals surface area (Å²) in [5.74, 6) is -0.649. The Labute approximate surface area is 146 Å². The topological polar surface area (TPSA) is 62.4 Å². The van der Waals surface area contributed by atoms with Gasteiger partial charge in [-0.25, -0.2) is 4.79 Å². The summed E-state index contributed by atoms with van der Waals surface area (Å²) in [4.78, 5) is 29.3. The van der Waals surface area contributed by atoms with Crippen LogP contribution in [0, 0.1) is 13.8 Å². The van der Waals surface area contributed by atoms with Crippen molar-refractivity contribution in [3.8, 4) is 0 Å². The lowest BCUT2D eigenvalue weighted by Gasteiger charge is -2.25. The normalized spacial score (nSPS) is 11.9. The van der Waals surface area contributed by atoms with Crippen LogP contribution in [0.5, 0.6) is 0 Å². The predicted molar refractivity (Wildman–Crippen MR) is 93.6 cm³/mol. The van der Waals surface area contributed by atoms with E-state index in [0.717, 1.165) is 5.56 Å². The lowest BCUT2D eigenvalue weighted by Crippen LogP contribution is -2.30. The summed E-state index contributed by atoms with van der Waals surface area (Å²) < 4.78 is 4.78. The van der Waals surface area contributed by atoms with Gasteiger partial charge in [-0.15, -0.1) is 0 Å². The number of carbonyl (C=O) groups excluding carboxylic acids is 2. The van der Waals surface area contributed by atoms with Crippen molar-refractivity contribution in [2.75, 3.05) is 14.2 Å². The molecule has 0 saturated carbocycles. The smallest absolute Gasteiger partial charge is 0.339 e. The van der Waals surface area contributed by atoms with Crippen molar-refractivity contribution < 1.29 is 14.3 Å². The number of rotatable bonds is 4. The van der Waals surface area contributed by atoms with E-state index in [2.05, 4.69) is 4.98 Å². The molecule has 0 fully saturated rings. The third-order valence-electron chi connectivity index (χ3n) is 4.27. The molecule has 1 atom stereocenters. The first-order valence-corrected chi connectivity index (χ1v) is 7.95. The number of benzene rings is 1. The number of H-pyrrole nitrogens is 1. The van der Waals surface area contributed by atoms with Crippen LogP contribution in [0.4, 0.5) is 0 Å². The van der Waals surface area contributed by atoms with Gasteiger partial charge in [-0.1, -0.05) is 23.7 Å². The maximum absolute atomic E-state index is 12.9. The van der Waals surface area contributed by atoms with Crippen LogP contribution in [0.15, 0.2) is 24.3 Å². The maximum atomic E-state index is 12.9. The molecule has 0 saturated heterocycles. The highest BCUT2D eigenvalue weighted by Gasteiger charge is 2.26. The third kappa shape index (κ3) is 3.31. The standard InChI is InChI=1S/C18H21ClN2O3/c1-10-15(18(23)24-5)11(2)20-16(10)17(22)21(4)12(3)13-7-6-8-14(19)9-13/h6-9,12,20H,1-5H3. The quantitative estimate of drug-likeness (QED) is 0.852. The van der Waals surface area contributed by atoms with Crippen molar-refractivity contribution in [1.29, 1.82) is 0 Å². The largest absolute Gasteiger partial charge is 0.465 e. The number of hydrogen-bond donors (Lipinski definition) is 1. The van der Waals surface area contributed by atoms with E-state index in [4.69, 9.17) is 16.3 Å². The second kappa shape index (κ2) is 7.09. The number of nitrogens with one attached hydrogen (secondary N) is 1. The van der Waals surface area contributed by atoms with Gasteiger partial charge in [0.25, 0.3) is 5.91 Å². The number of methoxy groups -OCH3 is 1. The lowest BCUT2D eigenvalue weighted by atomic mass is 10.1. The van der Waals surface area contributed by atoms with Gasteiger partial charge >= 0.3 is 5.97 Å². The van der Waals surface area contributed by atoms with Crippen LogP contribution in [0.2, 0.25) is 5.02 Å². The van der Waals surface area contributed by atoms with Gasteiger partial charge in [-0.2, -0.15) is 0 Å². The van der Waals surface area contributed by atoms with Crippen LogP contribution in [-0.4, -0.2) is 35.9 Å². The number of nitrogens with zero attached hydrogens (tertiary/aromatic N) is 1. The number of aryl methyl sites for hydroxylation is 1. The molecule has 1 aromatic heterocycles. The molecule has 24 heavy (non-hydrogen) atoms. The summed E-state index contributed by atoms with van der Waals surface area (Å²) in [5, 5.41) is 0.625. The van der Waals surface area contributed by atoms with Crippen molar-refractivity contribution >= 4 is 23.5 Å². The van der Waals surface area contributed by atoms with E-state index < -0.39 is 5.97 Å². The van der Waals surface area contributed by atoms with Crippen molar-refractivity contribution in [1.82, 2.24) is 9.88 Å².